The van der Waals surface area contributed by atoms with E-state index in [4.69, 9.17) is 10.4 Å². The van der Waals surface area contributed by atoms with Crippen LogP contribution in [0.5, 0.6) is 0 Å². The molecule has 0 aromatic heterocycles. The number of carboxylic acids is 1. The summed E-state index contributed by atoms with van der Waals surface area (Å²) >= 11 is 0. The van der Waals surface area contributed by atoms with Crippen molar-refractivity contribution >= 4 is 12.0 Å². The Bertz CT molecular complexity index is 374. The Morgan fingerprint density at radius 1 is 1.40 bits per heavy atom. The molecule has 0 aromatic carbocycles. The van der Waals surface area contributed by atoms with Gasteiger partial charge in [-0.25, -0.2) is 4.79 Å². The second-order valence-corrected chi connectivity index (χ2v) is 5.95. The molecule has 0 spiro atoms. The minimum Gasteiger partial charge on any atom is -0.481 e. The number of nitriles is 1. The first-order chi connectivity index (χ1) is 9.18. The summed E-state index contributed by atoms with van der Waals surface area (Å²) in [6.45, 7) is 6.63. The van der Waals surface area contributed by atoms with Crippen molar-refractivity contribution in [1.82, 2.24) is 10.2 Å². The summed E-state index contributed by atoms with van der Waals surface area (Å²) < 4.78 is 0. The van der Waals surface area contributed by atoms with Crippen LogP contribution in [0.15, 0.2) is 0 Å². The number of urea groups is 1. The van der Waals surface area contributed by atoms with E-state index < -0.39 is 5.97 Å². The van der Waals surface area contributed by atoms with Gasteiger partial charge in [-0.05, 0) is 25.2 Å². The maximum absolute atomic E-state index is 11.8. The third-order valence-electron chi connectivity index (χ3n) is 3.21. The summed E-state index contributed by atoms with van der Waals surface area (Å²) in [6, 6.07) is 1.87. The van der Waals surface area contributed by atoms with E-state index in [1.54, 1.807) is 14.0 Å². The number of carboxylic acid groups (broad SMARTS) is 1. The first-order valence-corrected chi connectivity index (χ1v) is 6.78. The van der Waals surface area contributed by atoms with E-state index in [0.29, 0.717) is 25.9 Å². The molecular formula is C14H25N3O3. The van der Waals surface area contributed by atoms with Crippen LogP contribution >= 0.6 is 0 Å². The number of aliphatic carboxylic acids is 1. The molecule has 0 aromatic rings. The highest BCUT2D eigenvalue weighted by molar-refractivity contribution is 5.73. The van der Waals surface area contributed by atoms with Crippen LogP contribution in [0.1, 0.15) is 40.0 Å². The minimum absolute atomic E-state index is 0.121. The van der Waals surface area contributed by atoms with E-state index >= 15 is 0 Å². The fourth-order valence-corrected chi connectivity index (χ4v) is 1.75. The second kappa shape index (κ2) is 8.41. The number of nitrogens with one attached hydrogen (secondary N) is 1. The lowest BCUT2D eigenvalue weighted by Crippen LogP contribution is -2.40. The Labute approximate surface area is 120 Å². The lowest BCUT2D eigenvalue weighted by molar-refractivity contribution is -0.137. The van der Waals surface area contributed by atoms with Crippen LogP contribution in [-0.2, 0) is 4.79 Å². The van der Waals surface area contributed by atoms with Gasteiger partial charge in [0.1, 0.15) is 0 Å². The maximum Gasteiger partial charge on any atom is 0.317 e. The average Bonchev–Trinajstić information content (AvgIpc) is 2.35. The summed E-state index contributed by atoms with van der Waals surface area (Å²) in [5, 5.41) is 20.1. The van der Waals surface area contributed by atoms with Crippen LogP contribution in [0.2, 0.25) is 0 Å². The van der Waals surface area contributed by atoms with Crippen molar-refractivity contribution in [3.8, 4) is 6.07 Å². The highest BCUT2D eigenvalue weighted by Crippen LogP contribution is 2.25. The smallest absolute Gasteiger partial charge is 0.317 e. The van der Waals surface area contributed by atoms with E-state index in [0.717, 1.165) is 0 Å². The summed E-state index contributed by atoms with van der Waals surface area (Å²) in [4.78, 5) is 23.8. The van der Waals surface area contributed by atoms with Gasteiger partial charge in [-0.3, -0.25) is 4.79 Å². The molecule has 0 aliphatic heterocycles. The molecule has 0 bridgehead atoms. The van der Waals surface area contributed by atoms with E-state index in [-0.39, 0.29) is 23.8 Å². The van der Waals surface area contributed by atoms with Gasteiger partial charge in [0.05, 0.1) is 12.0 Å². The molecule has 0 heterocycles. The number of amides is 2. The number of nitrogens with zero attached hydrogens (tertiary/aromatic N) is 2. The first kappa shape index (κ1) is 18.2. The molecule has 0 saturated carbocycles. The predicted octanol–water partition coefficient (Wildman–Crippen LogP) is 2.07. The van der Waals surface area contributed by atoms with Crippen molar-refractivity contribution in [2.45, 2.75) is 40.0 Å². The lowest BCUT2D eigenvalue weighted by Gasteiger charge is -2.25. The summed E-state index contributed by atoms with van der Waals surface area (Å²) in [5.74, 6) is -0.995. The third-order valence-corrected chi connectivity index (χ3v) is 3.21. The van der Waals surface area contributed by atoms with Crippen molar-refractivity contribution in [3.63, 3.8) is 0 Å². The molecule has 2 amide bonds. The Hall–Kier alpha value is -1.77. The van der Waals surface area contributed by atoms with Gasteiger partial charge >= 0.3 is 12.0 Å². The molecule has 0 rings (SSSR count). The molecule has 6 heteroatoms. The number of rotatable bonds is 8. The molecule has 0 fully saturated rings. The van der Waals surface area contributed by atoms with Crippen LogP contribution in [0, 0.1) is 22.7 Å². The standard InChI is InChI=1S/C14H25N3O3/c1-11(9-15)10-17(4)13(20)16-8-7-14(2,3)6-5-12(18)19/h11H,5-8,10H2,1-4H3,(H,16,20)(H,18,19). The molecule has 0 saturated heterocycles. The van der Waals surface area contributed by atoms with Gasteiger partial charge in [-0.15, -0.1) is 0 Å². The van der Waals surface area contributed by atoms with E-state index in [9.17, 15) is 9.59 Å². The molecule has 114 valence electrons. The molecule has 0 radical (unpaired) electrons. The summed E-state index contributed by atoms with van der Waals surface area (Å²) in [6.07, 6.45) is 1.44. The van der Waals surface area contributed by atoms with Gasteiger partial charge in [-0.1, -0.05) is 13.8 Å². The Kier molecular flexibility index (Phi) is 7.67. The third kappa shape index (κ3) is 8.35. The van der Waals surface area contributed by atoms with Gasteiger partial charge in [0.15, 0.2) is 0 Å². The number of carbonyl (C=O) groups is 2. The van der Waals surface area contributed by atoms with Crippen molar-refractivity contribution in [2.24, 2.45) is 11.3 Å². The van der Waals surface area contributed by atoms with Gasteiger partial charge < -0.3 is 15.3 Å². The molecule has 20 heavy (non-hydrogen) atoms. The zero-order chi connectivity index (χ0) is 15.8. The van der Waals surface area contributed by atoms with Crippen LogP contribution in [0.3, 0.4) is 0 Å². The van der Waals surface area contributed by atoms with Crippen LogP contribution in [0.4, 0.5) is 4.79 Å². The number of carbonyl (C=O) groups excluding carboxylic acids is 1. The van der Waals surface area contributed by atoms with E-state index in [1.165, 1.54) is 4.90 Å². The Morgan fingerprint density at radius 2 is 2.00 bits per heavy atom. The second-order valence-electron chi connectivity index (χ2n) is 5.95. The minimum atomic E-state index is -0.799. The average molecular weight is 283 g/mol. The highest BCUT2D eigenvalue weighted by Gasteiger charge is 2.19. The van der Waals surface area contributed by atoms with Crippen molar-refractivity contribution in [2.75, 3.05) is 20.1 Å². The van der Waals surface area contributed by atoms with Gasteiger partial charge in [0.2, 0.25) is 0 Å². The van der Waals surface area contributed by atoms with Crippen LogP contribution < -0.4 is 5.32 Å². The van der Waals surface area contributed by atoms with Crippen molar-refractivity contribution in [1.29, 1.82) is 5.26 Å². The Morgan fingerprint density at radius 3 is 2.50 bits per heavy atom. The van der Waals surface area contributed by atoms with Gasteiger partial charge in [-0.2, -0.15) is 5.26 Å². The maximum atomic E-state index is 11.8. The Balaban J connectivity index is 4.01. The monoisotopic (exact) mass is 283 g/mol. The largest absolute Gasteiger partial charge is 0.481 e. The van der Waals surface area contributed by atoms with Crippen molar-refractivity contribution in [3.05, 3.63) is 0 Å². The quantitative estimate of drug-likeness (QED) is 0.713. The molecular weight excluding hydrogens is 258 g/mol. The molecule has 1 atom stereocenters. The topological polar surface area (TPSA) is 93.4 Å². The fourth-order valence-electron chi connectivity index (χ4n) is 1.75. The lowest BCUT2D eigenvalue weighted by atomic mass is 9.84. The number of hydrogen-bond donors (Lipinski definition) is 2. The normalized spacial score (nSPS) is 12.3. The summed E-state index contributed by atoms with van der Waals surface area (Å²) in [5.41, 5.74) is -0.121. The van der Waals surface area contributed by atoms with Crippen LogP contribution in [-0.4, -0.2) is 42.1 Å². The zero-order valence-corrected chi connectivity index (χ0v) is 12.8. The first-order valence-electron chi connectivity index (χ1n) is 6.78. The van der Waals surface area contributed by atoms with Gasteiger partial charge in [0.25, 0.3) is 0 Å². The van der Waals surface area contributed by atoms with E-state index in [1.807, 2.05) is 13.8 Å². The van der Waals surface area contributed by atoms with E-state index in [2.05, 4.69) is 11.4 Å². The number of hydrogen-bond acceptors (Lipinski definition) is 3. The fraction of sp³-hybridized carbons (Fsp3) is 0.786. The molecule has 1 unspecified atom stereocenters. The molecule has 0 aliphatic carbocycles. The SMILES string of the molecule is CC(C#N)CN(C)C(=O)NCCC(C)(C)CCC(=O)O. The molecule has 2 N–H and O–H groups in total. The predicted molar refractivity (Wildman–Crippen MR) is 76.1 cm³/mol. The van der Waals surface area contributed by atoms with Gasteiger partial charge in [0, 0.05) is 26.6 Å². The summed E-state index contributed by atoms with van der Waals surface area (Å²) in [7, 11) is 1.65. The van der Waals surface area contributed by atoms with Crippen LogP contribution in [0.25, 0.3) is 0 Å². The zero-order valence-electron chi connectivity index (χ0n) is 12.8. The highest BCUT2D eigenvalue weighted by atomic mass is 16.4. The molecule has 6 nitrogen and oxygen atoms in total. The molecule has 0 aliphatic rings. The van der Waals surface area contributed by atoms with Crippen molar-refractivity contribution < 1.29 is 14.7 Å².